The first-order chi connectivity index (χ1) is 8.47. The van der Waals surface area contributed by atoms with Gasteiger partial charge in [0.05, 0.1) is 10.5 Å². The highest BCUT2D eigenvalue weighted by molar-refractivity contribution is 6.31. The molecule has 0 aliphatic carbocycles. The van der Waals surface area contributed by atoms with Gasteiger partial charge in [-0.25, -0.2) is 0 Å². The first-order valence-electron chi connectivity index (χ1n) is 4.68. The zero-order valence-electron chi connectivity index (χ0n) is 8.87. The molecule has 1 aromatic carbocycles. The van der Waals surface area contributed by atoms with Crippen molar-refractivity contribution in [2.24, 2.45) is 0 Å². The number of anilines is 2. The Morgan fingerprint density at radius 3 is 2.33 bits per heavy atom. The lowest BCUT2D eigenvalue weighted by Gasteiger charge is -2.03. The Bertz CT molecular complexity index is 612. The molecule has 0 fully saturated rings. The number of nitro groups is 1. The Balaban J connectivity index is 2.68. The van der Waals surface area contributed by atoms with E-state index in [0.29, 0.717) is 5.02 Å². The van der Waals surface area contributed by atoms with Crippen LogP contribution in [0, 0.1) is 10.1 Å². The van der Waals surface area contributed by atoms with Gasteiger partial charge >= 0.3 is 0 Å². The van der Waals surface area contributed by atoms with Gasteiger partial charge in [-0.1, -0.05) is 11.6 Å². The summed E-state index contributed by atoms with van der Waals surface area (Å²) in [5.74, 6) is -0.229. The Kier molecular flexibility index (Phi) is 2.94. The van der Waals surface area contributed by atoms with Crippen LogP contribution >= 0.6 is 11.6 Å². The van der Waals surface area contributed by atoms with E-state index in [9.17, 15) is 10.1 Å². The smallest absolute Gasteiger partial charge is 0.280 e. The van der Waals surface area contributed by atoms with E-state index in [0.717, 1.165) is 0 Å². The lowest BCUT2D eigenvalue weighted by Crippen LogP contribution is -2.05. The molecule has 0 saturated carbocycles. The minimum atomic E-state index is -0.568. The zero-order valence-corrected chi connectivity index (χ0v) is 9.63. The topological polar surface area (TPSA) is 134 Å². The lowest BCUT2D eigenvalue weighted by molar-refractivity contribution is -0.384. The molecule has 0 spiro atoms. The molecule has 0 aliphatic heterocycles. The molecule has 9 heteroatoms. The predicted molar refractivity (Wildman–Crippen MR) is 65.8 cm³/mol. The standard InChI is InChI=1S/C9H7ClN6O2/c10-4-1-2-6(16(17)18)5(3-4)7-13-8(11)15-9(12)14-7/h1-3H,(H4,11,12,13,14,15). The summed E-state index contributed by atoms with van der Waals surface area (Å²) in [5.41, 5.74) is 10.8. The van der Waals surface area contributed by atoms with Gasteiger partial charge < -0.3 is 11.5 Å². The van der Waals surface area contributed by atoms with Gasteiger partial charge in [0, 0.05) is 11.1 Å². The summed E-state index contributed by atoms with van der Waals surface area (Å²) in [7, 11) is 0. The minimum absolute atomic E-state index is 0.00852. The summed E-state index contributed by atoms with van der Waals surface area (Å²) in [6.07, 6.45) is 0. The molecule has 2 rings (SSSR count). The van der Waals surface area contributed by atoms with Crippen molar-refractivity contribution >= 4 is 29.2 Å². The highest BCUT2D eigenvalue weighted by Crippen LogP contribution is 2.30. The Hall–Kier alpha value is -2.48. The average Bonchev–Trinajstić information content (AvgIpc) is 2.27. The fraction of sp³-hybridized carbons (Fsp3) is 0. The largest absolute Gasteiger partial charge is 0.368 e. The molecule has 0 atom stereocenters. The predicted octanol–water partition coefficient (Wildman–Crippen LogP) is 1.26. The third-order valence-electron chi connectivity index (χ3n) is 2.07. The van der Waals surface area contributed by atoms with Crippen LogP contribution in [0.5, 0.6) is 0 Å². The Labute approximate surface area is 106 Å². The number of hydrogen-bond acceptors (Lipinski definition) is 7. The van der Waals surface area contributed by atoms with Crippen LogP contribution in [0.2, 0.25) is 5.02 Å². The monoisotopic (exact) mass is 266 g/mol. The van der Waals surface area contributed by atoms with E-state index in [1.54, 1.807) is 0 Å². The number of hydrogen-bond donors (Lipinski definition) is 2. The first kappa shape index (κ1) is 12.0. The van der Waals surface area contributed by atoms with Crippen LogP contribution in [-0.2, 0) is 0 Å². The van der Waals surface area contributed by atoms with Gasteiger partial charge in [-0.15, -0.1) is 0 Å². The molecule has 0 aliphatic rings. The number of nitrogens with two attached hydrogens (primary N) is 2. The Morgan fingerprint density at radius 2 is 1.78 bits per heavy atom. The molecule has 2 aromatic rings. The molecule has 0 radical (unpaired) electrons. The summed E-state index contributed by atoms with van der Waals surface area (Å²) in [6.45, 7) is 0. The molecule has 8 nitrogen and oxygen atoms in total. The van der Waals surface area contributed by atoms with Crippen LogP contribution in [0.3, 0.4) is 0 Å². The van der Waals surface area contributed by atoms with Gasteiger partial charge in [0.25, 0.3) is 5.69 Å². The molecular weight excluding hydrogens is 260 g/mol. The summed E-state index contributed by atoms with van der Waals surface area (Å²) in [5, 5.41) is 11.2. The average molecular weight is 267 g/mol. The van der Waals surface area contributed by atoms with Crippen molar-refractivity contribution in [1.82, 2.24) is 15.0 Å². The van der Waals surface area contributed by atoms with Crippen LogP contribution < -0.4 is 11.5 Å². The number of rotatable bonds is 2. The van der Waals surface area contributed by atoms with Gasteiger partial charge in [-0.05, 0) is 12.1 Å². The highest BCUT2D eigenvalue weighted by Gasteiger charge is 2.18. The molecule has 4 N–H and O–H groups in total. The van der Waals surface area contributed by atoms with E-state index >= 15 is 0 Å². The maximum atomic E-state index is 10.9. The molecule has 0 saturated heterocycles. The number of halogens is 1. The van der Waals surface area contributed by atoms with E-state index in [1.807, 2.05) is 0 Å². The molecule has 0 unspecified atom stereocenters. The van der Waals surface area contributed by atoms with Crippen molar-refractivity contribution in [2.75, 3.05) is 11.5 Å². The second-order valence-corrected chi connectivity index (χ2v) is 3.73. The van der Waals surface area contributed by atoms with Crippen LogP contribution in [0.25, 0.3) is 11.4 Å². The Morgan fingerprint density at radius 1 is 1.17 bits per heavy atom. The normalized spacial score (nSPS) is 10.3. The van der Waals surface area contributed by atoms with E-state index in [1.165, 1.54) is 18.2 Å². The second kappa shape index (κ2) is 4.41. The van der Waals surface area contributed by atoms with Crippen LogP contribution in [0.15, 0.2) is 18.2 Å². The maximum Gasteiger partial charge on any atom is 0.280 e. The highest BCUT2D eigenvalue weighted by atomic mass is 35.5. The third-order valence-corrected chi connectivity index (χ3v) is 2.30. The molecule has 0 amide bonds. The quantitative estimate of drug-likeness (QED) is 0.617. The van der Waals surface area contributed by atoms with Crippen molar-refractivity contribution in [3.63, 3.8) is 0 Å². The summed E-state index contributed by atoms with van der Waals surface area (Å²) < 4.78 is 0. The summed E-state index contributed by atoms with van der Waals surface area (Å²) in [4.78, 5) is 21.5. The molecule has 1 heterocycles. The fourth-order valence-corrected chi connectivity index (χ4v) is 1.55. The van der Waals surface area contributed by atoms with Gasteiger partial charge in [-0.2, -0.15) is 15.0 Å². The van der Waals surface area contributed by atoms with Gasteiger partial charge in [0.15, 0.2) is 5.82 Å². The van der Waals surface area contributed by atoms with Crippen molar-refractivity contribution in [3.8, 4) is 11.4 Å². The van der Waals surface area contributed by atoms with Crippen LogP contribution in [0.4, 0.5) is 17.6 Å². The molecule has 92 valence electrons. The van der Waals surface area contributed by atoms with Gasteiger partial charge in [0.1, 0.15) is 0 Å². The minimum Gasteiger partial charge on any atom is -0.368 e. The molecule has 0 bridgehead atoms. The molecule has 1 aromatic heterocycles. The van der Waals surface area contributed by atoms with Crippen molar-refractivity contribution in [2.45, 2.75) is 0 Å². The number of aromatic nitrogens is 3. The lowest BCUT2D eigenvalue weighted by atomic mass is 10.1. The molecular formula is C9H7ClN6O2. The van der Waals surface area contributed by atoms with E-state index in [2.05, 4.69) is 15.0 Å². The van der Waals surface area contributed by atoms with Crippen LogP contribution in [0.1, 0.15) is 0 Å². The number of benzene rings is 1. The zero-order chi connectivity index (χ0) is 13.3. The van der Waals surface area contributed by atoms with E-state index in [4.69, 9.17) is 23.1 Å². The summed E-state index contributed by atoms with van der Waals surface area (Å²) >= 11 is 5.79. The van der Waals surface area contributed by atoms with Gasteiger partial charge in [-0.3, -0.25) is 10.1 Å². The van der Waals surface area contributed by atoms with Gasteiger partial charge in [0.2, 0.25) is 11.9 Å². The second-order valence-electron chi connectivity index (χ2n) is 3.29. The van der Waals surface area contributed by atoms with Crippen molar-refractivity contribution in [1.29, 1.82) is 0 Å². The fourth-order valence-electron chi connectivity index (χ4n) is 1.38. The first-order valence-corrected chi connectivity index (χ1v) is 5.06. The number of nitro benzene ring substituents is 1. The summed E-state index contributed by atoms with van der Waals surface area (Å²) in [6, 6.07) is 4.03. The van der Waals surface area contributed by atoms with Crippen molar-refractivity contribution < 1.29 is 4.92 Å². The molecule has 18 heavy (non-hydrogen) atoms. The maximum absolute atomic E-state index is 10.9. The number of nitrogen functional groups attached to an aromatic ring is 2. The van der Waals surface area contributed by atoms with E-state index < -0.39 is 4.92 Å². The number of nitrogens with zero attached hydrogens (tertiary/aromatic N) is 4. The third kappa shape index (κ3) is 2.28. The SMILES string of the molecule is Nc1nc(N)nc(-c2cc(Cl)ccc2[N+](=O)[O-])n1. The van der Waals surface area contributed by atoms with E-state index in [-0.39, 0.29) is 29.0 Å². The van der Waals surface area contributed by atoms with Crippen molar-refractivity contribution in [3.05, 3.63) is 33.3 Å². The van der Waals surface area contributed by atoms with Crippen LogP contribution in [-0.4, -0.2) is 19.9 Å².